The van der Waals surface area contributed by atoms with E-state index in [1.54, 1.807) is 12.3 Å². The molecule has 0 unspecified atom stereocenters. The van der Waals surface area contributed by atoms with Gasteiger partial charge in [-0.3, -0.25) is 4.79 Å². The van der Waals surface area contributed by atoms with E-state index in [4.69, 9.17) is 0 Å². The highest BCUT2D eigenvalue weighted by molar-refractivity contribution is 7.18. The third-order valence-electron chi connectivity index (χ3n) is 1.42. The largest absolute Gasteiger partial charge is 0.328 e. The van der Waals surface area contributed by atoms with Gasteiger partial charge in [-0.2, -0.15) is 0 Å². The second kappa shape index (κ2) is 2.17. The second-order valence-electron chi connectivity index (χ2n) is 2.25. The number of pyridine rings is 1. The molecule has 0 aliphatic heterocycles. The summed E-state index contributed by atoms with van der Waals surface area (Å²) in [5.74, 6) is 0. The molecule has 0 atom stereocenters. The first kappa shape index (κ1) is 6.54. The average molecular weight is 166 g/mol. The lowest BCUT2D eigenvalue weighted by atomic mass is 10.4. The Kier molecular flexibility index (Phi) is 1.29. The van der Waals surface area contributed by atoms with E-state index in [0.717, 1.165) is 10.5 Å². The Hall–Kier alpha value is -1.16. The number of H-pyrrole nitrogens is 1. The Morgan fingerprint density at radius 1 is 1.64 bits per heavy atom. The summed E-state index contributed by atoms with van der Waals surface area (Å²) in [6.07, 6.45) is 1.61. The quantitative estimate of drug-likeness (QED) is 0.641. The molecule has 2 rings (SSSR count). The molecule has 3 nitrogen and oxygen atoms in total. The van der Waals surface area contributed by atoms with Gasteiger partial charge in [0.2, 0.25) is 0 Å². The number of aromatic nitrogens is 2. The first-order valence-electron chi connectivity index (χ1n) is 3.22. The number of aromatic amines is 1. The molecule has 0 saturated carbocycles. The van der Waals surface area contributed by atoms with E-state index in [2.05, 4.69) is 9.97 Å². The first-order chi connectivity index (χ1) is 5.27. The van der Waals surface area contributed by atoms with Crippen molar-refractivity contribution in [2.45, 2.75) is 6.92 Å². The van der Waals surface area contributed by atoms with E-state index in [1.165, 1.54) is 11.3 Å². The molecule has 4 heteroatoms. The molecule has 2 heterocycles. The summed E-state index contributed by atoms with van der Waals surface area (Å²) < 4.78 is 0.713. The summed E-state index contributed by atoms with van der Waals surface area (Å²) in [4.78, 5) is 17.9. The lowest BCUT2D eigenvalue weighted by Gasteiger charge is -1.81. The van der Waals surface area contributed by atoms with Gasteiger partial charge in [0.15, 0.2) is 0 Å². The highest BCUT2D eigenvalue weighted by Crippen LogP contribution is 2.15. The van der Waals surface area contributed by atoms with Crippen LogP contribution >= 0.6 is 11.3 Å². The molecule has 1 N–H and O–H groups in total. The molecule has 56 valence electrons. The van der Waals surface area contributed by atoms with Gasteiger partial charge in [-0.1, -0.05) is 0 Å². The SMILES string of the molecule is Cc1nc2cc[nH]c(=O)c2s1. The number of aryl methyl sites for hydroxylation is 1. The summed E-state index contributed by atoms with van der Waals surface area (Å²) in [6, 6.07) is 1.81. The van der Waals surface area contributed by atoms with Gasteiger partial charge in [-0.15, -0.1) is 11.3 Å². The van der Waals surface area contributed by atoms with Gasteiger partial charge >= 0.3 is 0 Å². The minimum Gasteiger partial charge on any atom is -0.328 e. The molecular weight excluding hydrogens is 160 g/mol. The van der Waals surface area contributed by atoms with Gasteiger partial charge in [-0.25, -0.2) is 4.98 Å². The van der Waals surface area contributed by atoms with E-state index in [0.29, 0.717) is 4.70 Å². The molecule has 0 fully saturated rings. The van der Waals surface area contributed by atoms with Crippen LogP contribution in [0.25, 0.3) is 10.2 Å². The fourth-order valence-electron chi connectivity index (χ4n) is 0.981. The first-order valence-corrected chi connectivity index (χ1v) is 4.04. The Balaban J connectivity index is 3.02. The average Bonchev–Trinajstić information content (AvgIpc) is 2.31. The summed E-state index contributed by atoms with van der Waals surface area (Å²) in [5, 5.41) is 0.928. The van der Waals surface area contributed by atoms with Crippen LogP contribution < -0.4 is 5.56 Å². The highest BCUT2D eigenvalue weighted by Gasteiger charge is 2.01. The van der Waals surface area contributed by atoms with Crippen LogP contribution in [-0.2, 0) is 0 Å². The van der Waals surface area contributed by atoms with Crippen molar-refractivity contribution in [1.82, 2.24) is 9.97 Å². The fourth-order valence-corrected chi connectivity index (χ4v) is 1.79. The second-order valence-corrected chi connectivity index (χ2v) is 3.46. The number of hydrogen-bond donors (Lipinski definition) is 1. The monoisotopic (exact) mass is 166 g/mol. The van der Waals surface area contributed by atoms with Crippen molar-refractivity contribution < 1.29 is 0 Å². The topological polar surface area (TPSA) is 45.8 Å². The van der Waals surface area contributed by atoms with Crippen LogP contribution in [0.2, 0.25) is 0 Å². The van der Waals surface area contributed by atoms with Crippen LogP contribution in [0.1, 0.15) is 5.01 Å². The number of rotatable bonds is 0. The predicted molar refractivity (Wildman–Crippen MR) is 45.0 cm³/mol. The van der Waals surface area contributed by atoms with Crippen molar-refractivity contribution in [2.75, 3.05) is 0 Å². The van der Waals surface area contributed by atoms with Crippen molar-refractivity contribution in [3.05, 3.63) is 27.6 Å². The Bertz CT molecular complexity index is 443. The number of nitrogens with zero attached hydrogens (tertiary/aromatic N) is 1. The normalized spacial score (nSPS) is 10.6. The Morgan fingerprint density at radius 2 is 2.45 bits per heavy atom. The highest BCUT2D eigenvalue weighted by atomic mass is 32.1. The lowest BCUT2D eigenvalue weighted by Crippen LogP contribution is -2.01. The maximum absolute atomic E-state index is 11.1. The third kappa shape index (κ3) is 0.952. The van der Waals surface area contributed by atoms with Gasteiger partial charge in [0.25, 0.3) is 5.56 Å². The zero-order valence-electron chi connectivity index (χ0n) is 5.92. The van der Waals surface area contributed by atoms with Crippen LogP contribution in [0.4, 0.5) is 0 Å². The van der Waals surface area contributed by atoms with Crippen LogP contribution in [0, 0.1) is 6.92 Å². The lowest BCUT2D eigenvalue weighted by molar-refractivity contribution is 1.27. The molecular formula is C7H6N2OS. The Morgan fingerprint density at radius 3 is 3.18 bits per heavy atom. The van der Waals surface area contributed by atoms with Gasteiger partial charge in [-0.05, 0) is 13.0 Å². The minimum atomic E-state index is -0.0481. The molecule has 2 aromatic heterocycles. The molecule has 11 heavy (non-hydrogen) atoms. The van der Waals surface area contributed by atoms with Crippen LogP contribution in [0.15, 0.2) is 17.1 Å². The standard InChI is InChI=1S/C7H6N2OS/c1-4-9-5-2-3-8-7(10)6(5)11-4/h2-3H,1H3,(H,8,10). The van der Waals surface area contributed by atoms with E-state index < -0.39 is 0 Å². The Labute approximate surface area is 66.7 Å². The van der Waals surface area contributed by atoms with Crippen LogP contribution in [0.5, 0.6) is 0 Å². The van der Waals surface area contributed by atoms with E-state index >= 15 is 0 Å². The summed E-state index contributed by atoms with van der Waals surface area (Å²) in [5.41, 5.74) is 0.740. The zero-order chi connectivity index (χ0) is 7.84. The number of nitrogens with one attached hydrogen (secondary N) is 1. The minimum absolute atomic E-state index is 0.0481. The van der Waals surface area contributed by atoms with Gasteiger partial charge in [0.05, 0.1) is 10.5 Å². The predicted octanol–water partition coefficient (Wildman–Crippen LogP) is 1.29. The van der Waals surface area contributed by atoms with Crippen molar-refractivity contribution in [1.29, 1.82) is 0 Å². The van der Waals surface area contributed by atoms with Gasteiger partial charge in [0.1, 0.15) is 4.70 Å². The molecule has 0 aliphatic carbocycles. The van der Waals surface area contributed by atoms with E-state index in [-0.39, 0.29) is 5.56 Å². The molecule has 0 saturated heterocycles. The van der Waals surface area contributed by atoms with E-state index in [9.17, 15) is 4.79 Å². The zero-order valence-corrected chi connectivity index (χ0v) is 6.73. The maximum Gasteiger partial charge on any atom is 0.267 e. The summed E-state index contributed by atoms with van der Waals surface area (Å²) in [6.45, 7) is 1.89. The van der Waals surface area contributed by atoms with E-state index in [1.807, 2.05) is 6.92 Å². The summed E-state index contributed by atoms with van der Waals surface area (Å²) in [7, 11) is 0. The molecule has 0 radical (unpaired) electrons. The van der Waals surface area contributed by atoms with Crippen molar-refractivity contribution in [3.8, 4) is 0 Å². The van der Waals surface area contributed by atoms with Crippen molar-refractivity contribution in [2.24, 2.45) is 0 Å². The van der Waals surface area contributed by atoms with Gasteiger partial charge in [0, 0.05) is 6.20 Å². The summed E-state index contributed by atoms with van der Waals surface area (Å²) >= 11 is 1.42. The molecule has 0 spiro atoms. The number of fused-ring (bicyclic) bond motifs is 1. The van der Waals surface area contributed by atoms with Gasteiger partial charge < -0.3 is 4.98 Å². The van der Waals surface area contributed by atoms with Crippen molar-refractivity contribution in [3.63, 3.8) is 0 Å². The van der Waals surface area contributed by atoms with Crippen LogP contribution in [-0.4, -0.2) is 9.97 Å². The van der Waals surface area contributed by atoms with Crippen LogP contribution in [0.3, 0.4) is 0 Å². The van der Waals surface area contributed by atoms with Crippen molar-refractivity contribution >= 4 is 21.6 Å². The smallest absolute Gasteiger partial charge is 0.267 e. The number of thiazole rings is 1. The molecule has 0 aliphatic rings. The fraction of sp³-hybridized carbons (Fsp3) is 0.143. The molecule has 0 aromatic carbocycles. The molecule has 2 aromatic rings. The third-order valence-corrected chi connectivity index (χ3v) is 2.41. The number of hydrogen-bond acceptors (Lipinski definition) is 3. The molecule has 0 bridgehead atoms. The maximum atomic E-state index is 11.1. The molecule has 0 amide bonds.